The summed E-state index contributed by atoms with van der Waals surface area (Å²) < 4.78 is 0. The number of fused-ring (bicyclic) bond motifs is 2. The lowest BCUT2D eigenvalue weighted by molar-refractivity contribution is 0.912. The molecule has 0 spiro atoms. The van der Waals surface area contributed by atoms with Crippen LogP contribution in [0.5, 0.6) is 0 Å². The van der Waals surface area contributed by atoms with Crippen LogP contribution in [0.3, 0.4) is 0 Å². The second kappa shape index (κ2) is 4.97. The van der Waals surface area contributed by atoms with Gasteiger partial charge in [0.05, 0.1) is 5.52 Å². The maximum absolute atomic E-state index is 6.29. The van der Waals surface area contributed by atoms with Crippen LogP contribution in [0.2, 0.25) is 10.2 Å². The zero-order valence-electron chi connectivity index (χ0n) is 11.2. The smallest absolute Gasteiger partial charge is 0.161 e. The third-order valence-corrected chi connectivity index (χ3v) is 4.49. The molecular formula is C17H12Cl2N2. The number of halogens is 2. The van der Waals surface area contributed by atoms with Crippen LogP contribution < -0.4 is 0 Å². The summed E-state index contributed by atoms with van der Waals surface area (Å²) in [5.41, 5.74) is 4.69. The Labute approximate surface area is 132 Å². The number of hydrogen-bond donors (Lipinski definition) is 0. The third kappa shape index (κ3) is 2.29. The van der Waals surface area contributed by atoms with Crippen molar-refractivity contribution in [2.24, 2.45) is 0 Å². The zero-order chi connectivity index (χ0) is 14.4. The van der Waals surface area contributed by atoms with Gasteiger partial charge in [-0.1, -0.05) is 35.3 Å². The minimum Gasteiger partial charge on any atom is -0.228 e. The number of benzene rings is 2. The summed E-state index contributed by atoms with van der Waals surface area (Å²) in [6.07, 6.45) is 3.55. The Bertz CT molecular complexity index is 859. The predicted octanol–water partition coefficient (Wildman–Crippen LogP) is 5.09. The molecule has 0 bridgehead atoms. The minimum atomic E-state index is 0.443. The van der Waals surface area contributed by atoms with E-state index in [1.54, 1.807) is 6.07 Å². The number of aromatic nitrogens is 2. The molecule has 1 heterocycles. The van der Waals surface area contributed by atoms with Gasteiger partial charge >= 0.3 is 0 Å². The van der Waals surface area contributed by atoms with Crippen LogP contribution in [0.4, 0.5) is 0 Å². The van der Waals surface area contributed by atoms with Gasteiger partial charge in [0.2, 0.25) is 0 Å². The van der Waals surface area contributed by atoms with Gasteiger partial charge in [0.15, 0.2) is 5.82 Å². The molecule has 0 saturated heterocycles. The van der Waals surface area contributed by atoms with Gasteiger partial charge < -0.3 is 0 Å². The van der Waals surface area contributed by atoms with Crippen LogP contribution in [0.1, 0.15) is 17.5 Å². The van der Waals surface area contributed by atoms with Crippen molar-refractivity contribution in [3.63, 3.8) is 0 Å². The van der Waals surface area contributed by atoms with E-state index in [1.807, 2.05) is 12.1 Å². The van der Waals surface area contributed by atoms with Crippen LogP contribution in [0, 0.1) is 0 Å². The van der Waals surface area contributed by atoms with E-state index in [0.717, 1.165) is 22.9 Å². The van der Waals surface area contributed by atoms with Crippen molar-refractivity contribution in [1.29, 1.82) is 0 Å². The first-order valence-corrected chi connectivity index (χ1v) is 7.71. The minimum absolute atomic E-state index is 0.443. The highest BCUT2D eigenvalue weighted by molar-refractivity contribution is 6.35. The van der Waals surface area contributed by atoms with Crippen LogP contribution in [0.15, 0.2) is 36.4 Å². The molecule has 3 aromatic rings. The van der Waals surface area contributed by atoms with Crippen molar-refractivity contribution in [3.05, 3.63) is 57.7 Å². The number of aryl methyl sites for hydroxylation is 2. The molecule has 0 aliphatic heterocycles. The van der Waals surface area contributed by atoms with E-state index in [-0.39, 0.29) is 0 Å². The molecule has 0 unspecified atom stereocenters. The van der Waals surface area contributed by atoms with Crippen molar-refractivity contribution in [1.82, 2.24) is 9.97 Å². The topological polar surface area (TPSA) is 25.8 Å². The van der Waals surface area contributed by atoms with Crippen LogP contribution >= 0.6 is 23.2 Å². The predicted molar refractivity (Wildman–Crippen MR) is 87.0 cm³/mol. The van der Waals surface area contributed by atoms with E-state index in [4.69, 9.17) is 23.2 Å². The molecule has 0 radical (unpaired) electrons. The lowest BCUT2D eigenvalue weighted by Crippen LogP contribution is -1.93. The standard InChI is InChI=1S/C17H12Cl2N2/c18-13-6-7-15-14(9-13)16(19)21-17(20-15)12-5-4-10-2-1-3-11(10)8-12/h4-9H,1-3H2. The third-order valence-electron chi connectivity index (χ3n) is 3.97. The molecule has 1 aromatic heterocycles. The Morgan fingerprint density at radius 3 is 2.62 bits per heavy atom. The maximum Gasteiger partial charge on any atom is 0.161 e. The van der Waals surface area contributed by atoms with E-state index in [9.17, 15) is 0 Å². The highest BCUT2D eigenvalue weighted by Gasteiger charge is 2.14. The van der Waals surface area contributed by atoms with E-state index in [0.29, 0.717) is 16.0 Å². The molecule has 0 amide bonds. The molecule has 0 saturated carbocycles. The van der Waals surface area contributed by atoms with Gasteiger partial charge in [0.1, 0.15) is 5.15 Å². The normalized spacial score (nSPS) is 13.6. The molecule has 104 valence electrons. The van der Waals surface area contributed by atoms with Crippen LogP contribution in [-0.2, 0) is 12.8 Å². The summed E-state index contributed by atoms with van der Waals surface area (Å²) in [5.74, 6) is 0.671. The van der Waals surface area contributed by atoms with Crippen molar-refractivity contribution in [3.8, 4) is 11.4 Å². The summed E-state index contributed by atoms with van der Waals surface area (Å²) >= 11 is 12.3. The second-order valence-electron chi connectivity index (χ2n) is 5.34. The van der Waals surface area contributed by atoms with Crippen molar-refractivity contribution < 1.29 is 0 Å². The molecule has 1 aliphatic rings. The Morgan fingerprint density at radius 1 is 0.857 bits per heavy atom. The molecule has 0 N–H and O–H groups in total. The van der Waals surface area contributed by atoms with E-state index in [2.05, 4.69) is 28.2 Å². The Morgan fingerprint density at radius 2 is 1.71 bits per heavy atom. The van der Waals surface area contributed by atoms with Gasteiger partial charge in [-0.25, -0.2) is 9.97 Å². The van der Waals surface area contributed by atoms with E-state index < -0.39 is 0 Å². The zero-order valence-corrected chi connectivity index (χ0v) is 12.7. The number of hydrogen-bond acceptors (Lipinski definition) is 2. The van der Waals surface area contributed by atoms with Crippen LogP contribution in [0.25, 0.3) is 22.3 Å². The molecule has 4 heteroatoms. The molecule has 2 nitrogen and oxygen atoms in total. The Hall–Kier alpha value is -1.64. The molecule has 0 atom stereocenters. The summed E-state index contributed by atoms with van der Waals surface area (Å²) in [5, 5.41) is 1.87. The molecule has 4 rings (SSSR count). The maximum atomic E-state index is 6.29. The molecule has 2 aromatic carbocycles. The van der Waals surface area contributed by atoms with Crippen molar-refractivity contribution in [2.45, 2.75) is 19.3 Å². The van der Waals surface area contributed by atoms with Gasteiger partial charge in [0.25, 0.3) is 0 Å². The quantitative estimate of drug-likeness (QED) is 0.584. The SMILES string of the molecule is Clc1ccc2nc(-c3ccc4c(c3)CCC4)nc(Cl)c2c1. The first-order chi connectivity index (χ1) is 10.2. The van der Waals surface area contributed by atoms with Crippen LogP contribution in [-0.4, -0.2) is 9.97 Å². The van der Waals surface area contributed by atoms with Crippen molar-refractivity contribution >= 4 is 34.1 Å². The first-order valence-electron chi connectivity index (χ1n) is 6.96. The molecular weight excluding hydrogens is 303 g/mol. The lowest BCUT2D eigenvalue weighted by Gasteiger charge is -2.07. The summed E-state index contributed by atoms with van der Waals surface area (Å²) in [7, 11) is 0. The lowest BCUT2D eigenvalue weighted by atomic mass is 10.1. The Balaban J connectivity index is 1.89. The molecule has 0 fully saturated rings. The number of nitrogens with zero attached hydrogens (tertiary/aromatic N) is 2. The average molecular weight is 315 g/mol. The van der Waals surface area contributed by atoms with Gasteiger partial charge in [-0.2, -0.15) is 0 Å². The molecule has 1 aliphatic carbocycles. The van der Waals surface area contributed by atoms with Gasteiger partial charge in [-0.05, 0) is 54.7 Å². The second-order valence-corrected chi connectivity index (χ2v) is 6.13. The fourth-order valence-corrected chi connectivity index (χ4v) is 3.31. The summed E-state index contributed by atoms with van der Waals surface area (Å²) in [4.78, 5) is 9.05. The average Bonchev–Trinajstić information content (AvgIpc) is 2.95. The highest BCUT2D eigenvalue weighted by atomic mass is 35.5. The fourth-order valence-electron chi connectivity index (χ4n) is 2.90. The van der Waals surface area contributed by atoms with E-state index in [1.165, 1.54) is 24.0 Å². The summed E-state index contributed by atoms with van der Waals surface area (Å²) in [6, 6.07) is 11.9. The Kier molecular flexibility index (Phi) is 3.09. The van der Waals surface area contributed by atoms with Crippen molar-refractivity contribution in [2.75, 3.05) is 0 Å². The first kappa shape index (κ1) is 13.1. The van der Waals surface area contributed by atoms with Gasteiger partial charge in [0, 0.05) is 16.0 Å². The van der Waals surface area contributed by atoms with Gasteiger partial charge in [-0.15, -0.1) is 0 Å². The van der Waals surface area contributed by atoms with Gasteiger partial charge in [-0.3, -0.25) is 0 Å². The molecule has 21 heavy (non-hydrogen) atoms. The summed E-state index contributed by atoms with van der Waals surface area (Å²) in [6.45, 7) is 0. The largest absolute Gasteiger partial charge is 0.228 e. The fraction of sp³-hybridized carbons (Fsp3) is 0.176. The monoisotopic (exact) mass is 314 g/mol. The highest BCUT2D eigenvalue weighted by Crippen LogP contribution is 2.30. The number of rotatable bonds is 1. The van der Waals surface area contributed by atoms with E-state index >= 15 is 0 Å².